The molecule has 2 aromatic heterocycles. The van der Waals surface area contributed by atoms with Crippen molar-refractivity contribution in [3.8, 4) is 0 Å². The summed E-state index contributed by atoms with van der Waals surface area (Å²) in [5, 5.41) is 7.74. The first-order chi connectivity index (χ1) is 10.6. The molecule has 2 heterocycles. The van der Waals surface area contributed by atoms with Crippen LogP contribution in [0.3, 0.4) is 0 Å². The average Bonchev–Trinajstić information content (AvgIpc) is 2.77. The lowest BCUT2D eigenvalue weighted by Crippen LogP contribution is -2.04. The summed E-state index contributed by atoms with van der Waals surface area (Å²) in [7, 11) is 0. The number of anilines is 2. The number of aryl methyl sites for hydroxylation is 3. The van der Waals surface area contributed by atoms with Crippen molar-refractivity contribution in [2.45, 2.75) is 27.3 Å². The maximum atomic E-state index is 4.50. The zero-order chi connectivity index (χ0) is 15.5. The summed E-state index contributed by atoms with van der Waals surface area (Å²) in [6, 6.07) is 12.2. The van der Waals surface area contributed by atoms with Gasteiger partial charge in [0.05, 0.1) is 12.2 Å². The number of nitrogens with one attached hydrogen (secondary N) is 1. The predicted molar refractivity (Wildman–Crippen MR) is 87.3 cm³/mol. The third-order valence-electron chi connectivity index (χ3n) is 3.41. The molecular weight excluding hydrogens is 274 g/mol. The Kier molecular flexibility index (Phi) is 3.87. The molecule has 1 N–H and O–H groups in total. The molecule has 0 fully saturated rings. The van der Waals surface area contributed by atoms with E-state index in [-0.39, 0.29) is 0 Å². The minimum atomic E-state index is 0.614. The van der Waals surface area contributed by atoms with Crippen LogP contribution in [-0.2, 0) is 6.54 Å². The van der Waals surface area contributed by atoms with Crippen molar-refractivity contribution in [3.05, 3.63) is 65.2 Å². The molecule has 0 amide bonds. The van der Waals surface area contributed by atoms with E-state index in [4.69, 9.17) is 0 Å². The smallest absolute Gasteiger partial charge is 0.227 e. The van der Waals surface area contributed by atoms with Gasteiger partial charge in [0, 0.05) is 23.3 Å². The third kappa shape index (κ3) is 3.31. The van der Waals surface area contributed by atoms with Gasteiger partial charge in [-0.15, -0.1) is 0 Å². The predicted octanol–water partition coefficient (Wildman–Crippen LogP) is 3.39. The van der Waals surface area contributed by atoms with Gasteiger partial charge in [0.1, 0.15) is 0 Å². The fourth-order valence-corrected chi connectivity index (χ4v) is 2.39. The van der Waals surface area contributed by atoms with Crippen LogP contribution in [0.4, 0.5) is 11.6 Å². The number of hydrogen-bond donors (Lipinski definition) is 1. The van der Waals surface area contributed by atoms with Crippen LogP contribution in [0.1, 0.15) is 22.6 Å². The quantitative estimate of drug-likeness (QED) is 0.801. The van der Waals surface area contributed by atoms with E-state index < -0.39 is 0 Å². The molecule has 1 aromatic carbocycles. The Morgan fingerprint density at radius 3 is 2.64 bits per heavy atom. The second kappa shape index (κ2) is 5.97. The number of hydrogen-bond acceptors (Lipinski definition) is 4. The van der Waals surface area contributed by atoms with E-state index in [9.17, 15) is 0 Å². The van der Waals surface area contributed by atoms with Crippen LogP contribution < -0.4 is 5.32 Å². The molecule has 5 heteroatoms. The molecule has 0 bridgehead atoms. The Labute approximate surface area is 130 Å². The first-order valence-corrected chi connectivity index (χ1v) is 7.27. The topological polar surface area (TPSA) is 55.6 Å². The maximum Gasteiger partial charge on any atom is 0.227 e. The minimum absolute atomic E-state index is 0.614. The molecule has 0 unspecified atom stereocenters. The van der Waals surface area contributed by atoms with Crippen molar-refractivity contribution in [1.29, 1.82) is 0 Å². The van der Waals surface area contributed by atoms with Gasteiger partial charge in [-0.1, -0.05) is 12.1 Å². The Balaban J connectivity index is 1.79. The van der Waals surface area contributed by atoms with Crippen molar-refractivity contribution < 1.29 is 0 Å². The summed E-state index contributed by atoms with van der Waals surface area (Å²) in [6.45, 7) is 6.79. The monoisotopic (exact) mass is 293 g/mol. The van der Waals surface area contributed by atoms with E-state index in [0.717, 1.165) is 29.3 Å². The van der Waals surface area contributed by atoms with Crippen LogP contribution in [0.5, 0.6) is 0 Å². The number of nitrogens with zero attached hydrogens (tertiary/aromatic N) is 4. The molecule has 5 nitrogen and oxygen atoms in total. The van der Waals surface area contributed by atoms with Crippen molar-refractivity contribution in [2.75, 3.05) is 5.32 Å². The van der Waals surface area contributed by atoms with Gasteiger partial charge in [0.25, 0.3) is 0 Å². The zero-order valence-electron chi connectivity index (χ0n) is 13.0. The summed E-state index contributed by atoms with van der Waals surface area (Å²) in [4.78, 5) is 8.59. The highest BCUT2D eigenvalue weighted by molar-refractivity contribution is 5.54. The van der Waals surface area contributed by atoms with Crippen LogP contribution in [0.2, 0.25) is 0 Å². The van der Waals surface area contributed by atoms with Gasteiger partial charge < -0.3 is 5.32 Å². The molecule has 0 saturated heterocycles. The summed E-state index contributed by atoms with van der Waals surface area (Å²) in [5.41, 5.74) is 5.31. The van der Waals surface area contributed by atoms with E-state index in [1.807, 2.05) is 36.7 Å². The molecule has 3 rings (SSSR count). The fourth-order valence-electron chi connectivity index (χ4n) is 2.39. The van der Waals surface area contributed by atoms with Crippen LogP contribution >= 0.6 is 0 Å². The standard InChI is InChI=1S/C17H19N5/c1-12-7-8-18-17(19-12)20-16-6-4-5-15(10-16)11-22-14(3)9-13(2)21-22/h4-10H,11H2,1-3H3,(H,18,19,20). The van der Waals surface area contributed by atoms with Crippen molar-refractivity contribution in [3.63, 3.8) is 0 Å². The number of benzene rings is 1. The van der Waals surface area contributed by atoms with Gasteiger partial charge in [-0.05, 0) is 50.6 Å². The first kappa shape index (κ1) is 14.3. The lowest BCUT2D eigenvalue weighted by Gasteiger charge is -2.09. The van der Waals surface area contributed by atoms with Crippen molar-refractivity contribution in [2.24, 2.45) is 0 Å². The highest BCUT2D eigenvalue weighted by Crippen LogP contribution is 2.16. The molecule has 22 heavy (non-hydrogen) atoms. The van der Waals surface area contributed by atoms with Crippen LogP contribution in [-0.4, -0.2) is 19.7 Å². The molecule has 3 aromatic rings. The van der Waals surface area contributed by atoms with E-state index in [0.29, 0.717) is 5.95 Å². The summed E-state index contributed by atoms with van der Waals surface area (Å²) in [5.74, 6) is 0.614. The van der Waals surface area contributed by atoms with Crippen LogP contribution in [0.25, 0.3) is 0 Å². The molecular formula is C17H19N5. The zero-order valence-corrected chi connectivity index (χ0v) is 13.0. The molecule has 0 aliphatic carbocycles. The Hall–Kier alpha value is -2.69. The van der Waals surface area contributed by atoms with Crippen molar-refractivity contribution in [1.82, 2.24) is 19.7 Å². The number of rotatable bonds is 4. The van der Waals surface area contributed by atoms with Crippen molar-refractivity contribution >= 4 is 11.6 Å². The van der Waals surface area contributed by atoms with Gasteiger partial charge in [0.2, 0.25) is 5.95 Å². The second-order valence-electron chi connectivity index (χ2n) is 5.43. The summed E-state index contributed by atoms with van der Waals surface area (Å²) in [6.07, 6.45) is 1.75. The Bertz CT molecular complexity index is 791. The molecule has 0 radical (unpaired) electrons. The molecule has 0 aliphatic heterocycles. The van der Waals surface area contributed by atoms with Crippen LogP contribution in [0.15, 0.2) is 42.6 Å². The van der Waals surface area contributed by atoms with E-state index in [1.54, 1.807) is 6.20 Å². The largest absolute Gasteiger partial charge is 0.324 e. The maximum absolute atomic E-state index is 4.50. The molecule has 112 valence electrons. The van der Waals surface area contributed by atoms with Crippen LogP contribution in [0, 0.1) is 20.8 Å². The highest BCUT2D eigenvalue weighted by atomic mass is 15.3. The SMILES string of the molecule is Cc1ccnc(Nc2cccc(Cn3nc(C)cc3C)c2)n1. The normalized spacial score (nSPS) is 10.7. The number of aromatic nitrogens is 4. The lowest BCUT2D eigenvalue weighted by atomic mass is 10.2. The molecule has 0 spiro atoms. The van der Waals surface area contributed by atoms with Gasteiger partial charge >= 0.3 is 0 Å². The molecule has 0 saturated carbocycles. The van der Waals surface area contributed by atoms with E-state index >= 15 is 0 Å². The highest BCUT2D eigenvalue weighted by Gasteiger charge is 2.04. The van der Waals surface area contributed by atoms with Gasteiger partial charge in [-0.2, -0.15) is 5.10 Å². The Morgan fingerprint density at radius 2 is 1.91 bits per heavy atom. The average molecular weight is 293 g/mol. The summed E-state index contributed by atoms with van der Waals surface area (Å²) >= 11 is 0. The Morgan fingerprint density at radius 1 is 1.05 bits per heavy atom. The van der Waals surface area contributed by atoms with Gasteiger partial charge in [0.15, 0.2) is 0 Å². The first-order valence-electron chi connectivity index (χ1n) is 7.27. The fraction of sp³-hybridized carbons (Fsp3) is 0.235. The molecule has 0 aliphatic rings. The molecule has 0 atom stereocenters. The van der Waals surface area contributed by atoms with E-state index in [2.05, 4.69) is 45.5 Å². The second-order valence-corrected chi connectivity index (χ2v) is 5.43. The minimum Gasteiger partial charge on any atom is -0.324 e. The van der Waals surface area contributed by atoms with Gasteiger partial charge in [-0.25, -0.2) is 9.97 Å². The lowest BCUT2D eigenvalue weighted by molar-refractivity contribution is 0.659. The third-order valence-corrected chi connectivity index (χ3v) is 3.41. The van der Waals surface area contributed by atoms with Gasteiger partial charge in [-0.3, -0.25) is 4.68 Å². The van der Waals surface area contributed by atoms with E-state index in [1.165, 1.54) is 5.56 Å². The summed E-state index contributed by atoms with van der Waals surface area (Å²) < 4.78 is 2.01.